The zero-order valence-corrected chi connectivity index (χ0v) is 22.4. The lowest BCUT2D eigenvalue weighted by molar-refractivity contribution is -0.119. The highest BCUT2D eigenvalue weighted by Crippen LogP contribution is 2.43. The first-order chi connectivity index (χ1) is 18.5. The van der Waals surface area contributed by atoms with Crippen LogP contribution in [0, 0.1) is 13.8 Å². The van der Waals surface area contributed by atoms with Crippen molar-refractivity contribution in [1.29, 1.82) is 0 Å². The Hall–Kier alpha value is -4.08. The molecule has 0 saturated carbocycles. The summed E-state index contributed by atoms with van der Waals surface area (Å²) in [6.07, 6.45) is 5.46. The van der Waals surface area contributed by atoms with Gasteiger partial charge in [0.15, 0.2) is 5.11 Å². The molecule has 8 nitrogen and oxygen atoms in total. The fourth-order valence-corrected chi connectivity index (χ4v) is 5.37. The predicted octanol–water partition coefficient (Wildman–Crippen LogP) is 4.71. The van der Waals surface area contributed by atoms with Gasteiger partial charge < -0.3 is 24.8 Å². The van der Waals surface area contributed by atoms with Crippen LogP contribution in [0.4, 0.5) is 11.4 Å². The van der Waals surface area contributed by atoms with Crippen molar-refractivity contribution in [2.75, 3.05) is 23.9 Å². The van der Waals surface area contributed by atoms with Crippen molar-refractivity contribution in [2.45, 2.75) is 32.5 Å². The van der Waals surface area contributed by atoms with Gasteiger partial charge in [-0.3, -0.25) is 14.8 Å². The van der Waals surface area contributed by atoms with Gasteiger partial charge in [0, 0.05) is 55.0 Å². The second kappa shape index (κ2) is 11.1. The summed E-state index contributed by atoms with van der Waals surface area (Å²) < 4.78 is 7.24. The van der Waals surface area contributed by atoms with Crippen LogP contribution in [0.3, 0.4) is 0 Å². The predicted molar refractivity (Wildman–Crippen MR) is 152 cm³/mol. The lowest BCUT2D eigenvalue weighted by atomic mass is 9.96. The Kier molecular flexibility index (Phi) is 7.48. The van der Waals surface area contributed by atoms with Gasteiger partial charge in [0.1, 0.15) is 6.61 Å². The number of hydrogen-bond acceptors (Lipinski definition) is 5. The number of anilines is 2. The molecule has 0 bridgehead atoms. The minimum Gasteiger partial charge on any atom is -0.375 e. The summed E-state index contributed by atoms with van der Waals surface area (Å²) >= 11 is 5.89. The summed E-state index contributed by atoms with van der Waals surface area (Å²) in [5.41, 5.74) is 7.25. The maximum Gasteiger partial charge on any atom is 0.250 e. The average molecular weight is 527 g/mol. The van der Waals surface area contributed by atoms with E-state index in [1.165, 1.54) is 29.6 Å². The van der Waals surface area contributed by atoms with Crippen molar-refractivity contribution in [3.05, 3.63) is 107 Å². The summed E-state index contributed by atoms with van der Waals surface area (Å²) in [6.45, 7) is 5.06. The van der Waals surface area contributed by atoms with E-state index in [2.05, 4.69) is 50.0 Å². The van der Waals surface area contributed by atoms with Crippen molar-refractivity contribution < 1.29 is 9.53 Å². The topological polar surface area (TPSA) is 84.3 Å². The van der Waals surface area contributed by atoms with E-state index in [0.717, 1.165) is 17.9 Å². The molecule has 1 aliphatic heterocycles. The number of aryl methyl sites for hydroxylation is 1. The van der Waals surface area contributed by atoms with Crippen LogP contribution in [-0.2, 0) is 16.1 Å². The number of benzene rings is 1. The number of amides is 1. The second-order valence-corrected chi connectivity index (χ2v) is 9.68. The standard InChI is InChI=1S/C29H30N6O2S/c1-19-16-24(20(2)34(19)17-21-11-14-30-15-12-21)28-27(25-6-4-5-13-31-25)33-29(38)35(28)23-9-7-22(8-10-23)32-26(36)18-37-3/h4-16,27-28H,17-18H2,1-3H3,(H,32,36)(H,33,38). The monoisotopic (exact) mass is 526 g/mol. The molecule has 38 heavy (non-hydrogen) atoms. The Morgan fingerprint density at radius 1 is 1.08 bits per heavy atom. The van der Waals surface area contributed by atoms with Crippen LogP contribution < -0.4 is 15.5 Å². The first-order valence-electron chi connectivity index (χ1n) is 12.4. The Labute approximate surface area is 227 Å². The lowest BCUT2D eigenvalue weighted by Crippen LogP contribution is -2.29. The molecule has 0 radical (unpaired) electrons. The van der Waals surface area contributed by atoms with Gasteiger partial charge >= 0.3 is 0 Å². The number of nitrogens with one attached hydrogen (secondary N) is 2. The first-order valence-corrected chi connectivity index (χ1v) is 12.8. The summed E-state index contributed by atoms with van der Waals surface area (Å²) in [5.74, 6) is -0.201. The molecule has 4 aromatic rings. The molecule has 1 amide bonds. The van der Waals surface area contributed by atoms with E-state index in [4.69, 9.17) is 17.0 Å². The van der Waals surface area contributed by atoms with Gasteiger partial charge in [0.25, 0.3) is 0 Å². The van der Waals surface area contributed by atoms with Crippen LogP contribution in [0.25, 0.3) is 0 Å². The number of methoxy groups -OCH3 is 1. The fraction of sp³-hybridized carbons (Fsp3) is 0.241. The number of thiocarbonyl (C=S) groups is 1. The maximum absolute atomic E-state index is 12.0. The number of pyridine rings is 2. The molecule has 0 aliphatic carbocycles. The van der Waals surface area contributed by atoms with E-state index in [-0.39, 0.29) is 24.6 Å². The zero-order valence-electron chi connectivity index (χ0n) is 21.6. The van der Waals surface area contributed by atoms with E-state index in [9.17, 15) is 4.79 Å². The van der Waals surface area contributed by atoms with Gasteiger partial charge in [-0.15, -0.1) is 0 Å². The number of hydrogen-bond donors (Lipinski definition) is 2. The quantitative estimate of drug-likeness (QED) is 0.322. The molecular formula is C29H30N6O2S. The van der Waals surface area contributed by atoms with Crippen LogP contribution in [0.5, 0.6) is 0 Å². The van der Waals surface area contributed by atoms with Gasteiger partial charge in [0.05, 0.1) is 17.8 Å². The number of aromatic nitrogens is 3. The summed E-state index contributed by atoms with van der Waals surface area (Å²) in [7, 11) is 1.50. The van der Waals surface area contributed by atoms with E-state index in [1.807, 2.05) is 73.2 Å². The summed E-state index contributed by atoms with van der Waals surface area (Å²) in [6, 6.07) is 19.7. The van der Waals surface area contributed by atoms with E-state index in [1.54, 1.807) is 0 Å². The molecule has 1 saturated heterocycles. The molecule has 5 rings (SSSR count). The van der Waals surface area contributed by atoms with Gasteiger partial charge in [-0.05, 0) is 91.8 Å². The van der Waals surface area contributed by atoms with Gasteiger partial charge in [-0.25, -0.2) is 0 Å². The Morgan fingerprint density at radius 3 is 2.53 bits per heavy atom. The van der Waals surface area contributed by atoms with Crippen LogP contribution in [0.1, 0.15) is 40.3 Å². The molecule has 3 aromatic heterocycles. The van der Waals surface area contributed by atoms with Crippen LogP contribution >= 0.6 is 12.2 Å². The number of ether oxygens (including phenoxy) is 1. The molecule has 1 aromatic carbocycles. The van der Waals surface area contributed by atoms with Gasteiger partial charge in [-0.2, -0.15) is 0 Å². The highest BCUT2D eigenvalue weighted by atomic mass is 32.1. The second-order valence-electron chi connectivity index (χ2n) is 9.29. The van der Waals surface area contributed by atoms with Crippen LogP contribution in [0.15, 0.2) is 79.3 Å². The molecular weight excluding hydrogens is 496 g/mol. The smallest absolute Gasteiger partial charge is 0.250 e. The van der Waals surface area contributed by atoms with E-state index < -0.39 is 0 Å². The SMILES string of the molecule is COCC(=O)Nc1ccc(N2C(=S)NC(c3ccccn3)C2c2cc(C)n(Cc3ccncc3)c2C)cc1. The number of nitrogens with zero attached hydrogens (tertiary/aromatic N) is 4. The van der Waals surface area contributed by atoms with Crippen molar-refractivity contribution in [1.82, 2.24) is 19.9 Å². The minimum atomic E-state index is -0.201. The molecule has 2 atom stereocenters. The fourth-order valence-electron chi connectivity index (χ4n) is 5.02. The highest BCUT2D eigenvalue weighted by Gasteiger charge is 2.42. The van der Waals surface area contributed by atoms with Crippen molar-refractivity contribution in [3.63, 3.8) is 0 Å². The van der Waals surface area contributed by atoms with Crippen LogP contribution in [-0.4, -0.2) is 39.3 Å². The van der Waals surface area contributed by atoms with E-state index in [0.29, 0.717) is 10.8 Å². The Morgan fingerprint density at radius 2 is 1.84 bits per heavy atom. The van der Waals surface area contributed by atoms with Crippen LogP contribution in [0.2, 0.25) is 0 Å². The summed E-state index contributed by atoms with van der Waals surface area (Å²) in [4.78, 5) is 22.9. The van der Waals surface area contributed by atoms with Gasteiger partial charge in [-0.1, -0.05) is 6.07 Å². The Bertz CT molecular complexity index is 1420. The molecule has 1 fully saturated rings. The molecule has 194 valence electrons. The maximum atomic E-state index is 12.0. The third kappa shape index (κ3) is 5.16. The third-order valence-corrected chi connectivity index (χ3v) is 7.14. The number of rotatable bonds is 8. The third-order valence-electron chi connectivity index (χ3n) is 6.82. The first kappa shape index (κ1) is 25.6. The van der Waals surface area contributed by atoms with Crippen molar-refractivity contribution in [3.8, 4) is 0 Å². The molecule has 9 heteroatoms. The van der Waals surface area contributed by atoms with Crippen molar-refractivity contribution >= 4 is 34.6 Å². The van der Waals surface area contributed by atoms with Gasteiger partial charge in [0.2, 0.25) is 5.91 Å². The molecule has 1 aliphatic rings. The number of carbonyl (C=O) groups is 1. The minimum absolute atomic E-state index is 0.00478. The zero-order chi connectivity index (χ0) is 26.6. The average Bonchev–Trinajstić information content (AvgIpc) is 3.41. The summed E-state index contributed by atoms with van der Waals surface area (Å²) in [5, 5.41) is 7.00. The number of carbonyl (C=O) groups excluding carboxylic acids is 1. The lowest BCUT2D eigenvalue weighted by Gasteiger charge is -2.28. The normalized spacial score (nSPS) is 16.9. The largest absolute Gasteiger partial charge is 0.375 e. The molecule has 2 unspecified atom stereocenters. The van der Waals surface area contributed by atoms with Crippen molar-refractivity contribution in [2.24, 2.45) is 0 Å². The molecule has 0 spiro atoms. The van der Waals surface area contributed by atoms with E-state index >= 15 is 0 Å². The molecule has 2 N–H and O–H groups in total. The highest BCUT2D eigenvalue weighted by molar-refractivity contribution is 7.80. The Balaban J connectivity index is 1.54. The molecule has 4 heterocycles.